The minimum atomic E-state index is 0.596. The van der Waals surface area contributed by atoms with E-state index in [0.29, 0.717) is 36.3 Å². The van der Waals surface area contributed by atoms with Gasteiger partial charge in [0.25, 0.3) is 0 Å². The van der Waals surface area contributed by atoms with Crippen LogP contribution in [-0.2, 0) is 0 Å². The maximum atomic E-state index is 2.67. The van der Waals surface area contributed by atoms with E-state index in [2.05, 4.69) is 112 Å². The molecule has 0 amide bonds. The smallest absolute Gasteiger partial charge is 0.0531 e. The molecule has 0 saturated carbocycles. The minimum Gasteiger partial charge on any atom is -0.297 e. The lowest BCUT2D eigenvalue weighted by molar-refractivity contribution is -0.0442. The summed E-state index contributed by atoms with van der Waals surface area (Å²) in [4.78, 5) is 15.9. The van der Waals surface area contributed by atoms with E-state index < -0.39 is 0 Å². The van der Waals surface area contributed by atoms with Crippen LogP contribution >= 0.6 is 0 Å². The largest absolute Gasteiger partial charge is 0.297 e. The Morgan fingerprint density at radius 2 is 0.576 bits per heavy atom. The topological polar surface area (TPSA) is 19.4 Å². The van der Waals surface area contributed by atoms with E-state index in [1.54, 1.807) is 0 Å². The third kappa shape index (κ3) is 10.9. The van der Waals surface area contributed by atoms with E-state index in [1.165, 1.54) is 0 Å². The van der Waals surface area contributed by atoms with E-state index in [1.807, 2.05) is 0 Å². The van der Waals surface area contributed by atoms with Crippen molar-refractivity contribution in [3.8, 4) is 0 Å². The zero-order valence-corrected chi connectivity index (χ0v) is 24.5. The van der Waals surface area contributed by atoms with E-state index in [-0.39, 0.29) is 0 Å². The average Bonchev–Trinajstić information content (AvgIpc) is 2.66. The Hall–Kier alpha value is -0.240. The lowest BCUT2D eigenvalue weighted by atomic mass is 10.2. The maximum absolute atomic E-state index is 2.67. The van der Waals surface area contributed by atoms with Crippen LogP contribution in [0.15, 0.2) is 0 Å². The Bertz CT molecular complexity index is 404. The average molecular weight is 469 g/mol. The number of nitrogens with zero attached hydrogens (tertiary/aromatic N) is 6. The molecule has 198 valence electrons. The second-order valence-corrected chi connectivity index (χ2v) is 11.9. The van der Waals surface area contributed by atoms with Crippen molar-refractivity contribution in [1.29, 1.82) is 0 Å². The first kappa shape index (κ1) is 30.8. The van der Waals surface area contributed by atoms with Gasteiger partial charge in [-0.3, -0.25) is 29.4 Å². The van der Waals surface area contributed by atoms with Gasteiger partial charge in [-0.25, -0.2) is 0 Å². The van der Waals surface area contributed by atoms with Crippen LogP contribution in [-0.4, -0.2) is 125 Å². The van der Waals surface area contributed by atoms with Crippen molar-refractivity contribution in [2.75, 3.05) is 59.3 Å². The van der Waals surface area contributed by atoms with Gasteiger partial charge in [0.05, 0.1) is 20.0 Å². The van der Waals surface area contributed by atoms with Crippen molar-refractivity contribution in [1.82, 2.24) is 29.4 Å². The van der Waals surface area contributed by atoms with Gasteiger partial charge in [0, 0.05) is 75.5 Å². The molecule has 1 aliphatic heterocycles. The summed E-state index contributed by atoms with van der Waals surface area (Å²) >= 11 is 0. The molecule has 0 aromatic heterocycles. The molecule has 0 radical (unpaired) electrons. The van der Waals surface area contributed by atoms with Gasteiger partial charge in [-0.1, -0.05) is 0 Å². The quantitative estimate of drug-likeness (QED) is 0.357. The van der Waals surface area contributed by atoms with Crippen LogP contribution in [0, 0.1) is 0 Å². The van der Waals surface area contributed by atoms with E-state index in [4.69, 9.17) is 0 Å². The molecule has 0 spiro atoms. The molecular weight excluding hydrogens is 408 g/mol. The predicted molar refractivity (Wildman–Crippen MR) is 146 cm³/mol. The highest BCUT2D eigenvalue weighted by molar-refractivity contribution is 4.77. The fourth-order valence-electron chi connectivity index (χ4n) is 5.52. The van der Waals surface area contributed by atoms with Crippen molar-refractivity contribution in [3.05, 3.63) is 0 Å². The summed E-state index contributed by atoms with van der Waals surface area (Å²) < 4.78 is 0. The molecule has 0 aliphatic carbocycles. The van der Waals surface area contributed by atoms with Crippen LogP contribution in [0.25, 0.3) is 0 Å². The van der Waals surface area contributed by atoms with Gasteiger partial charge in [0.1, 0.15) is 0 Å². The van der Waals surface area contributed by atoms with Gasteiger partial charge < -0.3 is 0 Å². The molecule has 0 unspecified atom stereocenters. The lowest BCUT2D eigenvalue weighted by Gasteiger charge is -2.45. The zero-order chi connectivity index (χ0) is 25.3. The number of rotatable bonds is 15. The molecular formula is C27H60N6. The minimum absolute atomic E-state index is 0.596. The highest BCUT2D eigenvalue weighted by Crippen LogP contribution is 2.13. The standard InChI is InChI=1S/C27H60N6/c1-22(2)31(23(3)4)16-13-28-19-29(14-17-32(24(5)6)25(7)8)21-30(20-28)15-18-33(26(9)10)27(11)12/h22-27H,13-21H2,1-12H3. The highest BCUT2D eigenvalue weighted by atomic mass is 15.5. The summed E-state index contributed by atoms with van der Waals surface area (Å²) in [6.07, 6.45) is 0. The summed E-state index contributed by atoms with van der Waals surface area (Å²) in [5.41, 5.74) is 0. The Labute approximate surface area is 208 Å². The highest BCUT2D eigenvalue weighted by Gasteiger charge is 2.26. The molecule has 6 nitrogen and oxygen atoms in total. The molecule has 1 heterocycles. The summed E-state index contributed by atoms with van der Waals surface area (Å²) in [6, 6.07) is 3.57. The van der Waals surface area contributed by atoms with Crippen LogP contribution in [0.3, 0.4) is 0 Å². The van der Waals surface area contributed by atoms with E-state index >= 15 is 0 Å². The SMILES string of the molecule is CC(C)N(CCN1CN(CCN(C(C)C)C(C)C)CN(CCN(C(C)C)C(C)C)C1)C(C)C. The Kier molecular flexibility index (Phi) is 14.0. The Morgan fingerprint density at radius 1 is 0.394 bits per heavy atom. The first-order valence-corrected chi connectivity index (χ1v) is 13.8. The normalized spacial score (nSPS) is 17.7. The molecule has 33 heavy (non-hydrogen) atoms. The molecule has 1 fully saturated rings. The van der Waals surface area contributed by atoms with Crippen molar-refractivity contribution < 1.29 is 0 Å². The van der Waals surface area contributed by atoms with Crippen LogP contribution in [0.2, 0.25) is 0 Å². The van der Waals surface area contributed by atoms with Crippen LogP contribution in [0.5, 0.6) is 0 Å². The summed E-state index contributed by atoms with van der Waals surface area (Å²) in [6.45, 7) is 38.0. The second-order valence-electron chi connectivity index (χ2n) is 11.9. The molecule has 0 aromatic rings. The van der Waals surface area contributed by atoms with Crippen LogP contribution < -0.4 is 0 Å². The Morgan fingerprint density at radius 3 is 0.727 bits per heavy atom. The van der Waals surface area contributed by atoms with Gasteiger partial charge in [0.15, 0.2) is 0 Å². The summed E-state index contributed by atoms with van der Waals surface area (Å²) in [5, 5.41) is 0. The van der Waals surface area contributed by atoms with E-state index in [9.17, 15) is 0 Å². The predicted octanol–water partition coefficient (Wildman–Crippen LogP) is 4.13. The van der Waals surface area contributed by atoms with Crippen LogP contribution in [0.4, 0.5) is 0 Å². The fraction of sp³-hybridized carbons (Fsp3) is 1.00. The third-order valence-electron chi connectivity index (χ3n) is 7.20. The van der Waals surface area contributed by atoms with E-state index in [0.717, 1.165) is 59.3 Å². The molecule has 1 aliphatic rings. The monoisotopic (exact) mass is 468 g/mol. The molecule has 0 atom stereocenters. The lowest BCUT2D eigenvalue weighted by Crippen LogP contribution is -2.59. The summed E-state index contributed by atoms with van der Waals surface area (Å²) in [5.74, 6) is 0. The molecule has 6 heteroatoms. The van der Waals surface area contributed by atoms with Crippen molar-refractivity contribution in [2.45, 2.75) is 119 Å². The number of hydrogen-bond acceptors (Lipinski definition) is 6. The molecule has 0 bridgehead atoms. The third-order valence-corrected chi connectivity index (χ3v) is 7.20. The van der Waals surface area contributed by atoms with Gasteiger partial charge in [-0.05, 0) is 83.1 Å². The molecule has 1 saturated heterocycles. The van der Waals surface area contributed by atoms with Crippen molar-refractivity contribution >= 4 is 0 Å². The fourth-order valence-corrected chi connectivity index (χ4v) is 5.52. The second kappa shape index (κ2) is 15.0. The zero-order valence-electron chi connectivity index (χ0n) is 24.5. The van der Waals surface area contributed by atoms with Crippen molar-refractivity contribution in [3.63, 3.8) is 0 Å². The molecule has 0 aromatic carbocycles. The van der Waals surface area contributed by atoms with Gasteiger partial charge in [-0.15, -0.1) is 0 Å². The first-order valence-electron chi connectivity index (χ1n) is 13.8. The first-order chi connectivity index (χ1) is 15.3. The van der Waals surface area contributed by atoms with Crippen molar-refractivity contribution in [2.24, 2.45) is 0 Å². The maximum Gasteiger partial charge on any atom is 0.0531 e. The van der Waals surface area contributed by atoms with Gasteiger partial charge in [-0.2, -0.15) is 0 Å². The number of hydrogen-bond donors (Lipinski definition) is 0. The van der Waals surface area contributed by atoms with Gasteiger partial charge >= 0.3 is 0 Å². The van der Waals surface area contributed by atoms with Crippen LogP contribution in [0.1, 0.15) is 83.1 Å². The summed E-state index contributed by atoms with van der Waals surface area (Å²) in [7, 11) is 0. The Balaban J connectivity index is 2.82. The molecule has 1 rings (SSSR count). The molecule has 0 N–H and O–H groups in total. The van der Waals surface area contributed by atoms with Gasteiger partial charge in [0.2, 0.25) is 0 Å².